The number of carboxylic acid groups (broad SMARTS) is 1. The third-order valence-electron chi connectivity index (χ3n) is 3.66. The molecule has 1 amide bonds. The molecule has 1 aliphatic rings. The van der Waals surface area contributed by atoms with Crippen LogP contribution in [0.15, 0.2) is 0 Å². The van der Waals surface area contributed by atoms with E-state index in [1.165, 1.54) is 6.92 Å². The number of aliphatic carboxylic acids is 1. The first-order chi connectivity index (χ1) is 7.89. The van der Waals surface area contributed by atoms with Gasteiger partial charge in [0.2, 0.25) is 5.91 Å². The second kappa shape index (κ2) is 5.49. The Morgan fingerprint density at radius 1 is 1.47 bits per heavy atom. The topological polar surface area (TPSA) is 92.4 Å². The van der Waals surface area contributed by atoms with Gasteiger partial charge in [-0.25, -0.2) is 4.79 Å². The molecule has 0 radical (unpaired) electrons. The highest BCUT2D eigenvalue weighted by atomic mass is 16.4. The van der Waals surface area contributed by atoms with Crippen molar-refractivity contribution in [1.29, 1.82) is 0 Å². The van der Waals surface area contributed by atoms with Crippen molar-refractivity contribution in [1.82, 2.24) is 5.32 Å². The Labute approximate surface area is 102 Å². The highest BCUT2D eigenvalue weighted by Crippen LogP contribution is 2.24. The molecule has 1 fully saturated rings. The van der Waals surface area contributed by atoms with Gasteiger partial charge in [0.05, 0.1) is 0 Å². The molecule has 0 aromatic rings. The third-order valence-corrected chi connectivity index (χ3v) is 3.66. The van der Waals surface area contributed by atoms with Crippen LogP contribution in [0.2, 0.25) is 0 Å². The van der Waals surface area contributed by atoms with E-state index >= 15 is 0 Å². The molecular weight excluding hydrogens is 220 g/mol. The van der Waals surface area contributed by atoms with Crippen molar-refractivity contribution in [3.05, 3.63) is 0 Å². The lowest BCUT2D eigenvalue weighted by Crippen LogP contribution is -2.54. The van der Waals surface area contributed by atoms with Gasteiger partial charge >= 0.3 is 5.97 Å². The molecule has 0 aromatic carbocycles. The Hall–Kier alpha value is -1.10. The molecule has 3 atom stereocenters. The van der Waals surface area contributed by atoms with Gasteiger partial charge in [0.1, 0.15) is 5.54 Å². The minimum Gasteiger partial charge on any atom is -0.480 e. The molecule has 0 saturated heterocycles. The number of nitrogens with two attached hydrogens (primary N) is 1. The molecular formula is C12H22N2O3. The second-order valence-electron chi connectivity index (χ2n) is 5.10. The quantitative estimate of drug-likeness (QED) is 0.682. The highest BCUT2D eigenvalue weighted by molar-refractivity contribution is 5.87. The van der Waals surface area contributed by atoms with Gasteiger partial charge in [0.25, 0.3) is 0 Å². The maximum absolute atomic E-state index is 12.0. The van der Waals surface area contributed by atoms with E-state index in [-0.39, 0.29) is 17.9 Å². The molecule has 5 heteroatoms. The summed E-state index contributed by atoms with van der Waals surface area (Å²) >= 11 is 0. The van der Waals surface area contributed by atoms with Gasteiger partial charge in [0.15, 0.2) is 0 Å². The lowest BCUT2D eigenvalue weighted by Gasteiger charge is -2.30. The lowest BCUT2D eigenvalue weighted by atomic mass is 9.84. The number of hydrogen-bond acceptors (Lipinski definition) is 3. The first-order valence-electron chi connectivity index (χ1n) is 6.20. The molecule has 0 aromatic heterocycles. The van der Waals surface area contributed by atoms with Crippen molar-refractivity contribution in [2.75, 3.05) is 0 Å². The van der Waals surface area contributed by atoms with Crippen LogP contribution in [-0.4, -0.2) is 28.6 Å². The van der Waals surface area contributed by atoms with Crippen molar-refractivity contribution >= 4 is 11.9 Å². The minimum atomic E-state index is -1.17. The molecule has 98 valence electrons. The summed E-state index contributed by atoms with van der Waals surface area (Å²) in [5.41, 5.74) is 4.65. The number of rotatable bonds is 4. The monoisotopic (exact) mass is 242 g/mol. The maximum atomic E-state index is 12.0. The average Bonchev–Trinajstić information content (AvgIpc) is 2.28. The highest BCUT2D eigenvalue weighted by Gasteiger charge is 2.35. The van der Waals surface area contributed by atoms with Crippen LogP contribution in [0.1, 0.15) is 46.0 Å². The summed E-state index contributed by atoms with van der Waals surface area (Å²) < 4.78 is 0. The SMILES string of the molecule is CCC(C)(NC(=O)C1CCCC(N)C1)C(=O)O. The van der Waals surface area contributed by atoms with Crippen LogP contribution >= 0.6 is 0 Å². The first-order valence-corrected chi connectivity index (χ1v) is 6.20. The number of carbonyl (C=O) groups is 2. The van der Waals surface area contributed by atoms with E-state index in [2.05, 4.69) is 5.32 Å². The normalized spacial score (nSPS) is 28.2. The zero-order valence-corrected chi connectivity index (χ0v) is 10.5. The molecule has 0 aliphatic heterocycles. The molecule has 1 rings (SSSR count). The van der Waals surface area contributed by atoms with Gasteiger partial charge in [-0.3, -0.25) is 4.79 Å². The van der Waals surface area contributed by atoms with Crippen molar-refractivity contribution in [3.8, 4) is 0 Å². The molecule has 4 N–H and O–H groups in total. The molecule has 0 heterocycles. The standard InChI is InChI=1S/C12H22N2O3/c1-3-12(2,11(16)17)14-10(15)8-5-4-6-9(13)7-8/h8-9H,3-7,13H2,1-2H3,(H,14,15)(H,16,17). The van der Waals surface area contributed by atoms with Crippen LogP contribution in [0.3, 0.4) is 0 Å². The Balaban J connectivity index is 2.61. The van der Waals surface area contributed by atoms with Crippen molar-refractivity contribution in [2.45, 2.75) is 57.5 Å². The Morgan fingerprint density at radius 3 is 2.59 bits per heavy atom. The number of nitrogens with one attached hydrogen (secondary N) is 1. The number of hydrogen-bond donors (Lipinski definition) is 3. The van der Waals surface area contributed by atoms with Crippen molar-refractivity contribution < 1.29 is 14.7 Å². The third kappa shape index (κ3) is 3.43. The summed E-state index contributed by atoms with van der Waals surface area (Å²) in [7, 11) is 0. The van der Waals surface area contributed by atoms with Crippen LogP contribution in [0.5, 0.6) is 0 Å². The predicted octanol–water partition coefficient (Wildman–Crippen LogP) is 0.873. The van der Waals surface area contributed by atoms with Gasteiger partial charge in [-0.1, -0.05) is 13.3 Å². The first kappa shape index (κ1) is 14.0. The summed E-state index contributed by atoms with van der Waals surface area (Å²) in [6.07, 6.45) is 3.72. The zero-order chi connectivity index (χ0) is 13.1. The fraction of sp³-hybridized carbons (Fsp3) is 0.833. The van der Waals surface area contributed by atoms with Gasteiger partial charge in [-0.2, -0.15) is 0 Å². The van der Waals surface area contributed by atoms with E-state index in [0.29, 0.717) is 12.8 Å². The summed E-state index contributed by atoms with van der Waals surface area (Å²) in [6.45, 7) is 3.29. The molecule has 5 nitrogen and oxygen atoms in total. The summed E-state index contributed by atoms with van der Waals surface area (Å²) in [6, 6.07) is 0.0669. The van der Waals surface area contributed by atoms with Crippen molar-refractivity contribution in [2.24, 2.45) is 11.7 Å². The summed E-state index contributed by atoms with van der Waals surface area (Å²) in [5.74, 6) is -1.30. The van der Waals surface area contributed by atoms with E-state index in [1.807, 2.05) is 0 Å². The molecule has 0 spiro atoms. The fourth-order valence-electron chi connectivity index (χ4n) is 2.13. The molecule has 0 bridgehead atoms. The van der Waals surface area contributed by atoms with E-state index in [4.69, 9.17) is 10.8 Å². The van der Waals surface area contributed by atoms with Gasteiger partial charge in [-0.05, 0) is 32.6 Å². The Bertz CT molecular complexity index is 306. The van der Waals surface area contributed by atoms with E-state index in [1.54, 1.807) is 6.92 Å². The number of carboxylic acids is 1. The van der Waals surface area contributed by atoms with Crippen LogP contribution in [-0.2, 0) is 9.59 Å². The maximum Gasteiger partial charge on any atom is 0.329 e. The smallest absolute Gasteiger partial charge is 0.329 e. The largest absolute Gasteiger partial charge is 0.480 e. The predicted molar refractivity (Wildman–Crippen MR) is 64.4 cm³/mol. The molecule has 1 saturated carbocycles. The second-order valence-corrected chi connectivity index (χ2v) is 5.10. The molecule has 1 aliphatic carbocycles. The number of carbonyl (C=O) groups excluding carboxylic acids is 1. The number of amides is 1. The average molecular weight is 242 g/mol. The van der Waals surface area contributed by atoms with E-state index in [9.17, 15) is 9.59 Å². The fourth-order valence-corrected chi connectivity index (χ4v) is 2.13. The lowest BCUT2D eigenvalue weighted by molar-refractivity contribution is -0.147. The van der Waals surface area contributed by atoms with Gasteiger partial charge < -0.3 is 16.2 Å². The summed E-state index contributed by atoms with van der Waals surface area (Å²) in [5, 5.41) is 11.7. The molecule has 17 heavy (non-hydrogen) atoms. The van der Waals surface area contributed by atoms with E-state index < -0.39 is 11.5 Å². The van der Waals surface area contributed by atoms with Crippen LogP contribution in [0, 0.1) is 5.92 Å². The van der Waals surface area contributed by atoms with Crippen LogP contribution < -0.4 is 11.1 Å². The van der Waals surface area contributed by atoms with Crippen LogP contribution in [0.4, 0.5) is 0 Å². The van der Waals surface area contributed by atoms with Gasteiger partial charge in [0, 0.05) is 12.0 Å². The van der Waals surface area contributed by atoms with Gasteiger partial charge in [-0.15, -0.1) is 0 Å². The summed E-state index contributed by atoms with van der Waals surface area (Å²) in [4.78, 5) is 23.1. The van der Waals surface area contributed by atoms with E-state index in [0.717, 1.165) is 19.3 Å². The minimum absolute atomic E-state index is 0.0669. The zero-order valence-electron chi connectivity index (χ0n) is 10.5. The Morgan fingerprint density at radius 2 is 2.12 bits per heavy atom. The van der Waals surface area contributed by atoms with Crippen molar-refractivity contribution in [3.63, 3.8) is 0 Å². The molecule has 3 unspecified atom stereocenters. The van der Waals surface area contributed by atoms with Crippen LogP contribution in [0.25, 0.3) is 0 Å². The Kier molecular flexibility index (Phi) is 4.51.